The van der Waals surface area contributed by atoms with Crippen molar-refractivity contribution in [1.29, 1.82) is 0 Å². The molecule has 0 fully saturated rings. The number of halogens is 2. The van der Waals surface area contributed by atoms with Crippen molar-refractivity contribution in [2.45, 2.75) is 37.2 Å². The van der Waals surface area contributed by atoms with Crippen LogP contribution in [0.5, 0.6) is 0 Å². The van der Waals surface area contributed by atoms with Crippen LogP contribution in [-0.2, 0) is 26.2 Å². The van der Waals surface area contributed by atoms with E-state index in [0.717, 1.165) is 5.56 Å². The van der Waals surface area contributed by atoms with E-state index in [4.69, 9.17) is 23.2 Å². The number of hydrogen-bond donors (Lipinski definition) is 1. The third-order valence-electron chi connectivity index (χ3n) is 5.07. The zero-order valence-electron chi connectivity index (χ0n) is 18.2. The summed E-state index contributed by atoms with van der Waals surface area (Å²) < 4.78 is 26.5. The van der Waals surface area contributed by atoms with Crippen LogP contribution in [0.15, 0.2) is 53.4 Å². The Balaban J connectivity index is 2.07. The van der Waals surface area contributed by atoms with Crippen LogP contribution in [0.2, 0.25) is 10.0 Å². The Kier molecular flexibility index (Phi) is 9.51. The van der Waals surface area contributed by atoms with Gasteiger partial charge in [-0.3, -0.25) is 9.59 Å². The molecule has 0 heterocycles. The zero-order chi connectivity index (χ0) is 23.9. The molecule has 10 heteroatoms. The molecule has 0 aromatic heterocycles. The maximum Gasteiger partial charge on any atom is 0.242 e. The molecule has 0 aliphatic heterocycles. The highest BCUT2D eigenvalue weighted by atomic mass is 35.5. The minimum Gasteiger partial charge on any atom is -0.357 e. The predicted octanol–water partition coefficient (Wildman–Crippen LogP) is 3.56. The molecule has 2 aromatic carbocycles. The van der Waals surface area contributed by atoms with Gasteiger partial charge in [0.2, 0.25) is 21.8 Å². The van der Waals surface area contributed by atoms with E-state index in [1.807, 2.05) is 0 Å². The SMILES string of the molecule is CNC(=O)[C@H](C)N(Cc1ccc(Cl)c(Cl)c1)C(=O)CCCN(C)S(=O)(=O)c1ccccc1. The van der Waals surface area contributed by atoms with Crippen molar-refractivity contribution in [3.8, 4) is 0 Å². The van der Waals surface area contributed by atoms with Crippen LogP contribution in [-0.4, -0.2) is 56.1 Å². The average molecular weight is 500 g/mol. The molecule has 0 saturated heterocycles. The first-order valence-corrected chi connectivity index (χ1v) is 12.2. The largest absolute Gasteiger partial charge is 0.357 e. The Morgan fingerprint density at radius 1 is 1.06 bits per heavy atom. The quantitative estimate of drug-likeness (QED) is 0.541. The van der Waals surface area contributed by atoms with E-state index in [2.05, 4.69) is 5.32 Å². The second-order valence-electron chi connectivity index (χ2n) is 7.30. The van der Waals surface area contributed by atoms with Crippen LogP contribution in [0.25, 0.3) is 0 Å². The standard InChI is InChI=1S/C22H27Cl2N3O4S/c1-16(22(29)25-2)27(15-17-11-12-19(23)20(24)14-17)21(28)10-7-13-26(3)32(30,31)18-8-5-4-6-9-18/h4-6,8-9,11-12,14,16H,7,10,13,15H2,1-3H3,(H,25,29)/t16-/m0/s1. The number of nitrogens with zero attached hydrogens (tertiary/aromatic N) is 2. The number of rotatable bonds is 10. The lowest BCUT2D eigenvalue weighted by atomic mass is 10.1. The molecule has 2 aromatic rings. The number of nitrogens with one attached hydrogen (secondary N) is 1. The van der Waals surface area contributed by atoms with E-state index in [1.165, 1.54) is 35.4 Å². The van der Waals surface area contributed by atoms with Gasteiger partial charge in [-0.15, -0.1) is 0 Å². The van der Waals surface area contributed by atoms with E-state index in [0.29, 0.717) is 16.5 Å². The van der Waals surface area contributed by atoms with Crippen molar-refractivity contribution in [3.63, 3.8) is 0 Å². The highest BCUT2D eigenvalue weighted by Crippen LogP contribution is 2.24. The number of sulfonamides is 1. The molecule has 0 spiro atoms. The van der Waals surface area contributed by atoms with Gasteiger partial charge >= 0.3 is 0 Å². The molecular formula is C22H27Cl2N3O4S. The minimum absolute atomic E-state index is 0.0807. The maximum atomic E-state index is 13.0. The second kappa shape index (κ2) is 11.7. The van der Waals surface area contributed by atoms with Crippen LogP contribution < -0.4 is 5.32 Å². The van der Waals surface area contributed by atoms with Gasteiger partial charge in [0.25, 0.3) is 0 Å². The molecule has 1 N–H and O–H groups in total. The maximum absolute atomic E-state index is 13.0. The van der Waals surface area contributed by atoms with Gasteiger partial charge in [0.15, 0.2) is 0 Å². The Labute approximate surface area is 199 Å². The molecule has 2 amide bonds. The number of hydrogen-bond acceptors (Lipinski definition) is 4. The summed E-state index contributed by atoms with van der Waals surface area (Å²) in [5.74, 6) is -0.570. The Morgan fingerprint density at radius 2 is 1.72 bits per heavy atom. The Hall–Kier alpha value is -2.13. The summed E-state index contributed by atoms with van der Waals surface area (Å²) in [5, 5.41) is 3.31. The molecule has 0 bridgehead atoms. The first-order valence-electron chi connectivity index (χ1n) is 10.0. The average Bonchev–Trinajstić information content (AvgIpc) is 2.79. The fraction of sp³-hybridized carbons (Fsp3) is 0.364. The van der Waals surface area contributed by atoms with E-state index >= 15 is 0 Å². The van der Waals surface area contributed by atoms with Crippen molar-refractivity contribution < 1.29 is 18.0 Å². The summed E-state index contributed by atoms with van der Waals surface area (Å²) in [4.78, 5) is 26.8. The van der Waals surface area contributed by atoms with Gasteiger partial charge in [-0.25, -0.2) is 12.7 Å². The normalized spacial score (nSPS) is 12.4. The summed E-state index contributed by atoms with van der Waals surface area (Å²) >= 11 is 12.0. The molecule has 0 saturated carbocycles. The number of likely N-dealkylation sites (N-methyl/N-ethyl adjacent to an activating group) is 1. The van der Waals surface area contributed by atoms with Crippen molar-refractivity contribution in [1.82, 2.24) is 14.5 Å². The Morgan fingerprint density at radius 3 is 2.31 bits per heavy atom. The lowest BCUT2D eigenvalue weighted by molar-refractivity contribution is -0.140. The number of amides is 2. The van der Waals surface area contributed by atoms with Gasteiger partial charge in [0.05, 0.1) is 14.9 Å². The molecule has 7 nitrogen and oxygen atoms in total. The van der Waals surface area contributed by atoms with E-state index < -0.39 is 16.1 Å². The van der Waals surface area contributed by atoms with Gasteiger partial charge in [-0.05, 0) is 43.2 Å². The minimum atomic E-state index is -3.63. The number of carbonyl (C=O) groups excluding carboxylic acids is 2. The van der Waals surface area contributed by atoms with Crippen LogP contribution in [0.4, 0.5) is 0 Å². The lowest BCUT2D eigenvalue weighted by Crippen LogP contribution is -2.46. The van der Waals surface area contributed by atoms with Gasteiger partial charge < -0.3 is 10.2 Å². The van der Waals surface area contributed by atoms with Gasteiger partial charge in [-0.2, -0.15) is 0 Å². The monoisotopic (exact) mass is 499 g/mol. The first-order chi connectivity index (χ1) is 15.1. The third kappa shape index (κ3) is 6.68. The van der Waals surface area contributed by atoms with Crippen LogP contribution in [0, 0.1) is 0 Å². The molecular weight excluding hydrogens is 473 g/mol. The fourth-order valence-corrected chi connectivity index (χ4v) is 4.67. The molecule has 2 rings (SSSR count). The molecule has 0 radical (unpaired) electrons. The smallest absolute Gasteiger partial charge is 0.242 e. The van der Waals surface area contributed by atoms with Crippen molar-refractivity contribution >= 4 is 45.0 Å². The van der Waals surface area contributed by atoms with Crippen molar-refractivity contribution in [3.05, 3.63) is 64.1 Å². The van der Waals surface area contributed by atoms with Gasteiger partial charge in [-0.1, -0.05) is 47.5 Å². The molecule has 174 valence electrons. The molecule has 0 aliphatic carbocycles. The Bertz CT molecular complexity index is 1050. The lowest BCUT2D eigenvalue weighted by Gasteiger charge is -2.29. The van der Waals surface area contributed by atoms with Crippen LogP contribution >= 0.6 is 23.2 Å². The molecule has 0 aliphatic rings. The summed E-state index contributed by atoms with van der Waals surface area (Å²) in [6.07, 6.45) is 0.386. The van der Waals surface area contributed by atoms with Crippen LogP contribution in [0.3, 0.4) is 0 Å². The molecule has 32 heavy (non-hydrogen) atoms. The second-order valence-corrected chi connectivity index (χ2v) is 10.2. The van der Waals surface area contributed by atoms with Gasteiger partial charge in [0.1, 0.15) is 6.04 Å². The van der Waals surface area contributed by atoms with Crippen LogP contribution in [0.1, 0.15) is 25.3 Å². The predicted molar refractivity (Wildman–Crippen MR) is 126 cm³/mol. The fourth-order valence-electron chi connectivity index (χ4n) is 3.12. The number of carbonyl (C=O) groups is 2. The van der Waals surface area contributed by atoms with E-state index in [-0.39, 0.29) is 36.2 Å². The third-order valence-corrected chi connectivity index (χ3v) is 7.68. The summed E-state index contributed by atoms with van der Waals surface area (Å²) in [6.45, 7) is 1.97. The summed E-state index contributed by atoms with van der Waals surface area (Å²) in [6, 6.07) is 12.4. The summed E-state index contributed by atoms with van der Waals surface area (Å²) in [7, 11) is -0.648. The highest BCUT2D eigenvalue weighted by Gasteiger charge is 2.26. The molecule has 0 unspecified atom stereocenters. The van der Waals surface area contributed by atoms with E-state index in [1.54, 1.807) is 43.3 Å². The first kappa shape index (κ1) is 26.1. The summed E-state index contributed by atoms with van der Waals surface area (Å²) in [5.41, 5.74) is 0.729. The van der Waals surface area contributed by atoms with Crippen molar-refractivity contribution in [2.75, 3.05) is 20.6 Å². The van der Waals surface area contributed by atoms with Gasteiger partial charge in [0, 0.05) is 33.6 Å². The number of benzene rings is 2. The highest BCUT2D eigenvalue weighted by molar-refractivity contribution is 7.89. The molecule has 1 atom stereocenters. The topological polar surface area (TPSA) is 86.8 Å². The van der Waals surface area contributed by atoms with E-state index in [9.17, 15) is 18.0 Å². The zero-order valence-corrected chi connectivity index (χ0v) is 20.5. The van der Waals surface area contributed by atoms with Crippen molar-refractivity contribution in [2.24, 2.45) is 0 Å².